The standard InChI is InChI=1S/C24H25NO4/c1-16(2)21(24(27)28)25-23(26)20-13-12-18-10-6-7-11-19(18)22(20)29-15-14-17-8-4-3-5-9-17/h3-13,16,21H,14-15H2,1-2H3,(H,25,26)(H,27,28)/t21-/m0/s1. The number of nitrogens with one attached hydrogen (secondary N) is 1. The SMILES string of the molecule is CC(C)[C@H](NC(=O)c1ccc2ccccc2c1OCCc1ccccc1)C(=O)O. The summed E-state index contributed by atoms with van der Waals surface area (Å²) in [7, 11) is 0. The minimum absolute atomic E-state index is 0.237. The zero-order chi connectivity index (χ0) is 20.8. The van der Waals surface area contributed by atoms with Gasteiger partial charge in [0, 0.05) is 11.8 Å². The Kier molecular flexibility index (Phi) is 6.50. The third-order valence-corrected chi connectivity index (χ3v) is 4.82. The molecule has 150 valence electrons. The number of carboxylic acids is 1. The molecular formula is C24H25NO4. The molecule has 5 nitrogen and oxygen atoms in total. The second kappa shape index (κ2) is 9.24. The van der Waals surface area contributed by atoms with Gasteiger partial charge in [0.25, 0.3) is 5.91 Å². The summed E-state index contributed by atoms with van der Waals surface area (Å²) in [5, 5.41) is 13.8. The van der Waals surface area contributed by atoms with E-state index in [0.29, 0.717) is 24.3 Å². The molecule has 5 heteroatoms. The second-order valence-corrected chi connectivity index (χ2v) is 7.28. The molecule has 0 aliphatic rings. The number of benzene rings is 3. The Hall–Kier alpha value is -3.34. The second-order valence-electron chi connectivity index (χ2n) is 7.28. The highest BCUT2D eigenvalue weighted by molar-refractivity contribution is 6.04. The molecule has 2 N–H and O–H groups in total. The third kappa shape index (κ3) is 4.93. The van der Waals surface area contributed by atoms with Crippen LogP contribution >= 0.6 is 0 Å². The lowest BCUT2D eigenvalue weighted by Gasteiger charge is -2.20. The van der Waals surface area contributed by atoms with Gasteiger partial charge in [-0.15, -0.1) is 0 Å². The number of carboxylic acid groups (broad SMARTS) is 1. The number of hydrogen-bond acceptors (Lipinski definition) is 3. The number of carbonyl (C=O) groups is 2. The van der Waals surface area contributed by atoms with Gasteiger partial charge in [-0.3, -0.25) is 4.79 Å². The molecule has 0 unspecified atom stereocenters. The van der Waals surface area contributed by atoms with Gasteiger partial charge in [-0.25, -0.2) is 4.79 Å². The van der Waals surface area contributed by atoms with Crippen LogP contribution in [0.25, 0.3) is 10.8 Å². The van der Waals surface area contributed by atoms with Gasteiger partial charge in [0.1, 0.15) is 11.8 Å². The summed E-state index contributed by atoms with van der Waals surface area (Å²) in [5.74, 6) is -1.27. The molecule has 0 fully saturated rings. The van der Waals surface area contributed by atoms with E-state index in [9.17, 15) is 14.7 Å². The van der Waals surface area contributed by atoms with Crippen LogP contribution in [0.15, 0.2) is 66.7 Å². The first-order valence-electron chi connectivity index (χ1n) is 9.69. The van der Waals surface area contributed by atoms with E-state index in [4.69, 9.17) is 4.74 Å². The maximum atomic E-state index is 12.9. The molecule has 1 atom stereocenters. The first kappa shape index (κ1) is 20.4. The van der Waals surface area contributed by atoms with Crippen molar-refractivity contribution < 1.29 is 19.4 Å². The zero-order valence-electron chi connectivity index (χ0n) is 16.6. The number of amides is 1. The van der Waals surface area contributed by atoms with Crippen LogP contribution in [0.3, 0.4) is 0 Å². The Balaban J connectivity index is 1.89. The maximum absolute atomic E-state index is 12.9. The summed E-state index contributed by atoms with van der Waals surface area (Å²) < 4.78 is 6.07. The topological polar surface area (TPSA) is 75.6 Å². The van der Waals surface area contributed by atoms with Crippen LogP contribution in [0.1, 0.15) is 29.8 Å². The maximum Gasteiger partial charge on any atom is 0.326 e. The zero-order valence-corrected chi connectivity index (χ0v) is 16.6. The van der Waals surface area contributed by atoms with Gasteiger partial charge in [-0.1, -0.05) is 74.5 Å². The van der Waals surface area contributed by atoms with Crippen LogP contribution in [-0.2, 0) is 11.2 Å². The lowest BCUT2D eigenvalue weighted by atomic mass is 10.0. The highest BCUT2D eigenvalue weighted by Crippen LogP contribution is 2.30. The number of fused-ring (bicyclic) bond motifs is 1. The third-order valence-electron chi connectivity index (χ3n) is 4.82. The van der Waals surface area contributed by atoms with E-state index in [1.54, 1.807) is 19.9 Å². The number of ether oxygens (including phenoxy) is 1. The first-order chi connectivity index (χ1) is 14.0. The van der Waals surface area contributed by atoms with Crippen LogP contribution in [0, 0.1) is 5.92 Å². The molecule has 0 aliphatic heterocycles. The van der Waals surface area contributed by atoms with Crippen LogP contribution < -0.4 is 10.1 Å². The Bertz CT molecular complexity index is 998. The van der Waals surface area contributed by atoms with E-state index in [-0.39, 0.29) is 5.92 Å². The minimum Gasteiger partial charge on any atom is -0.492 e. The van der Waals surface area contributed by atoms with Gasteiger partial charge in [-0.2, -0.15) is 0 Å². The summed E-state index contributed by atoms with van der Waals surface area (Å²) >= 11 is 0. The smallest absolute Gasteiger partial charge is 0.326 e. The van der Waals surface area contributed by atoms with E-state index < -0.39 is 17.9 Å². The molecule has 3 aromatic carbocycles. The van der Waals surface area contributed by atoms with E-state index in [1.807, 2.05) is 60.7 Å². The molecule has 3 rings (SSSR count). The monoisotopic (exact) mass is 391 g/mol. The number of carbonyl (C=O) groups excluding carboxylic acids is 1. The quantitative estimate of drug-likeness (QED) is 0.600. The van der Waals surface area contributed by atoms with E-state index >= 15 is 0 Å². The molecule has 0 aromatic heterocycles. The molecule has 29 heavy (non-hydrogen) atoms. The Morgan fingerprint density at radius 1 is 0.966 bits per heavy atom. The Morgan fingerprint density at radius 2 is 1.66 bits per heavy atom. The Labute approximate surface area is 170 Å². The van der Waals surface area contributed by atoms with Gasteiger partial charge in [0.15, 0.2) is 0 Å². The molecule has 1 amide bonds. The van der Waals surface area contributed by atoms with Gasteiger partial charge in [0.05, 0.1) is 12.2 Å². The first-order valence-corrected chi connectivity index (χ1v) is 9.69. The molecule has 3 aromatic rings. The molecular weight excluding hydrogens is 366 g/mol. The molecule has 0 saturated heterocycles. The lowest BCUT2D eigenvalue weighted by molar-refractivity contribution is -0.140. The predicted octanol–water partition coefficient (Wildman–Crippen LogP) is 4.30. The van der Waals surface area contributed by atoms with Gasteiger partial charge >= 0.3 is 5.97 Å². The molecule has 0 heterocycles. The summed E-state index contributed by atoms with van der Waals surface area (Å²) in [5.41, 5.74) is 1.48. The van der Waals surface area contributed by atoms with Crippen molar-refractivity contribution in [2.24, 2.45) is 5.92 Å². The highest BCUT2D eigenvalue weighted by atomic mass is 16.5. The number of aliphatic carboxylic acids is 1. The van der Waals surface area contributed by atoms with E-state index in [0.717, 1.165) is 16.3 Å². The van der Waals surface area contributed by atoms with Crippen molar-refractivity contribution in [1.82, 2.24) is 5.32 Å². The lowest BCUT2D eigenvalue weighted by Crippen LogP contribution is -2.44. The normalized spacial score (nSPS) is 12.0. The molecule has 0 aliphatic carbocycles. The van der Waals surface area contributed by atoms with E-state index in [1.165, 1.54) is 0 Å². The fourth-order valence-electron chi connectivity index (χ4n) is 3.23. The van der Waals surface area contributed by atoms with Crippen molar-refractivity contribution in [3.05, 3.63) is 77.9 Å². The van der Waals surface area contributed by atoms with Crippen molar-refractivity contribution in [2.75, 3.05) is 6.61 Å². The Morgan fingerprint density at radius 3 is 2.34 bits per heavy atom. The van der Waals surface area contributed by atoms with Crippen LogP contribution in [0.2, 0.25) is 0 Å². The number of hydrogen-bond donors (Lipinski definition) is 2. The van der Waals surface area contributed by atoms with Crippen molar-refractivity contribution in [1.29, 1.82) is 0 Å². The van der Waals surface area contributed by atoms with Gasteiger partial charge in [-0.05, 0) is 22.9 Å². The summed E-state index contributed by atoms with van der Waals surface area (Å²) in [4.78, 5) is 24.4. The van der Waals surface area contributed by atoms with Crippen molar-refractivity contribution in [2.45, 2.75) is 26.3 Å². The summed E-state index contributed by atoms with van der Waals surface area (Å²) in [6, 6.07) is 20.2. The molecule has 0 radical (unpaired) electrons. The fourth-order valence-corrected chi connectivity index (χ4v) is 3.23. The molecule has 0 bridgehead atoms. The van der Waals surface area contributed by atoms with Crippen LogP contribution in [0.4, 0.5) is 0 Å². The summed E-state index contributed by atoms with van der Waals surface area (Å²) in [6.07, 6.45) is 0.703. The fraction of sp³-hybridized carbons (Fsp3) is 0.250. The van der Waals surface area contributed by atoms with Crippen LogP contribution in [0.5, 0.6) is 5.75 Å². The average Bonchev–Trinajstić information content (AvgIpc) is 2.72. The number of rotatable bonds is 8. The van der Waals surface area contributed by atoms with Crippen molar-refractivity contribution in [3.63, 3.8) is 0 Å². The predicted molar refractivity (Wildman–Crippen MR) is 113 cm³/mol. The van der Waals surface area contributed by atoms with Gasteiger partial charge < -0.3 is 15.2 Å². The van der Waals surface area contributed by atoms with Gasteiger partial charge in [0.2, 0.25) is 0 Å². The van der Waals surface area contributed by atoms with E-state index in [2.05, 4.69) is 5.32 Å². The van der Waals surface area contributed by atoms with Crippen LogP contribution in [-0.4, -0.2) is 29.6 Å². The van der Waals surface area contributed by atoms with Crippen molar-refractivity contribution in [3.8, 4) is 5.75 Å². The largest absolute Gasteiger partial charge is 0.492 e. The van der Waals surface area contributed by atoms with Crippen molar-refractivity contribution >= 4 is 22.6 Å². The average molecular weight is 391 g/mol. The molecule has 0 spiro atoms. The minimum atomic E-state index is -1.05. The molecule has 0 saturated carbocycles. The highest BCUT2D eigenvalue weighted by Gasteiger charge is 2.26. The summed E-state index contributed by atoms with van der Waals surface area (Å²) in [6.45, 7) is 3.93.